The molecule has 0 unspecified atom stereocenters. The van der Waals surface area contributed by atoms with Gasteiger partial charge in [0, 0.05) is 35.9 Å². The van der Waals surface area contributed by atoms with Gasteiger partial charge >= 0.3 is 0 Å². The lowest BCUT2D eigenvalue weighted by molar-refractivity contribution is -0.127. The van der Waals surface area contributed by atoms with Gasteiger partial charge in [-0.25, -0.2) is 13.8 Å². The molecule has 1 aliphatic carbocycles. The van der Waals surface area contributed by atoms with Gasteiger partial charge in [-0.05, 0) is 37.8 Å². The molecule has 1 aromatic heterocycles. The van der Waals surface area contributed by atoms with Gasteiger partial charge in [0.15, 0.2) is 5.01 Å². The van der Waals surface area contributed by atoms with Gasteiger partial charge in [-0.2, -0.15) is 0 Å². The number of benzene rings is 1. The summed E-state index contributed by atoms with van der Waals surface area (Å²) in [7, 11) is 0. The summed E-state index contributed by atoms with van der Waals surface area (Å²) < 4.78 is 27.1. The van der Waals surface area contributed by atoms with Crippen LogP contribution < -0.4 is 10.2 Å². The van der Waals surface area contributed by atoms with E-state index in [2.05, 4.69) is 10.3 Å². The summed E-state index contributed by atoms with van der Waals surface area (Å²) in [4.78, 5) is 30.9. The van der Waals surface area contributed by atoms with Crippen LogP contribution in [0.25, 0.3) is 0 Å². The van der Waals surface area contributed by atoms with Gasteiger partial charge in [0.05, 0.1) is 5.41 Å². The van der Waals surface area contributed by atoms with Crippen molar-refractivity contribution >= 4 is 28.8 Å². The third-order valence-electron chi connectivity index (χ3n) is 5.48. The van der Waals surface area contributed by atoms with Crippen LogP contribution in [0.4, 0.5) is 14.5 Å². The van der Waals surface area contributed by atoms with Crippen molar-refractivity contribution in [2.45, 2.75) is 38.1 Å². The number of carbonyl (C=O) groups excluding carboxylic acids is 2. The van der Waals surface area contributed by atoms with Crippen LogP contribution in [0.1, 0.15) is 41.9 Å². The molecule has 2 amide bonds. The molecule has 142 valence electrons. The highest BCUT2D eigenvalue weighted by molar-refractivity contribution is 7.11. The quantitative estimate of drug-likeness (QED) is 0.871. The molecule has 1 saturated carbocycles. The zero-order chi connectivity index (χ0) is 19.0. The van der Waals surface area contributed by atoms with Crippen molar-refractivity contribution in [3.63, 3.8) is 0 Å². The Labute approximate surface area is 159 Å². The smallest absolute Gasteiger partial charge is 0.280 e. The van der Waals surface area contributed by atoms with Gasteiger partial charge in [-0.1, -0.05) is 6.42 Å². The minimum atomic E-state index is -0.698. The Morgan fingerprint density at radius 3 is 2.74 bits per heavy atom. The summed E-state index contributed by atoms with van der Waals surface area (Å²) in [6.07, 6.45) is 5.09. The van der Waals surface area contributed by atoms with Crippen LogP contribution in [0.5, 0.6) is 0 Å². The molecule has 2 heterocycles. The first-order valence-electron chi connectivity index (χ1n) is 8.95. The lowest BCUT2D eigenvalue weighted by Gasteiger charge is -2.36. The summed E-state index contributed by atoms with van der Waals surface area (Å²) >= 11 is 1.27. The molecule has 2 atom stereocenters. The molecular formula is C19H19F2N3O2S. The van der Waals surface area contributed by atoms with E-state index < -0.39 is 17.0 Å². The number of amides is 2. The van der Waals surface area contributed by atoms with Gasteiger partial charge in [0.1, 0.15) is 11.6 Å². The van der Waals surface area contributed by atoms with Crippen LogP contribution in [0, 0.1) is 17.0 Å². The number of nitrogens with zero attached hydrogens (tertiary/aromatic N) is 2. The molecule has 0 bridgehead atoms. The van der Waals surface area contributed by atoms with Crippen LogP contribution in [0.3, 0.4) is 0 Å². The Hall–Kier alpha value is -2.35. The predicted molar refractivity (Wildman–Crippen MR) is 97.6 cm³/mol. The van der Waals surface area contributed by atoms with E-state index in [-0.39, 0.29) is 23.5 Å². The van der Waals surface area contributed by atoms with Crippen LogP contribution in [0.2, 0.25) is 0 Å². The fraction of sp³-hybridized carbons (Fsp3) is 0.421. The molecule has 1 N–H and O–H groups in total. The molecule has 5 nitrogen and oxygen atoms in total. The number of hydrogen-bond acceptors (Lipinski definition) is 4. The lowest BCUT2D eigenvalue weighted by atomic mass is 9.71. The molecule has 1 saturated heterocycles. The average Bonchev–Trinajstić information content (AvgIpc) is 3.25. The summed E-state index contributed by atoms with van der Waals surface area (Å²) in [6, 6.07) is 3.06. The monoisotopic (exact) mass is 391 g/mol. The van der Waals surface area contributed by atoms with Crippen molar-refractivity contribution in [3.8, 4) is 0 Å². The lowest BCUT2D eigenvalue weighted by Crippen LogP contribution is -2.46. The third-order valence-corrected chi connectivity index (χ3v) is 6.25. The highest BCUT2D eigenvalue weighted by Crippen LogP contribution is 2.46. The zero-order valence-corrected chi connectivity index (χ0v) is 15.4. The molecule has 2 fully saturated rings. The Kier molecular flexibility index (Phi) is 4.67. The first-order chi connectivity index (χ1) is 13.0. The molecule has 1 aromatic carbocycles. The maximum Gasteiger partial charge on any atom is 0.280 e. The van der Waals surface area contributed by atoms with Crippen LogP contribution >= 0.6 is 11.3 Å². The van der Waals surface area contributed by atoms with Crippen molar-refractivity contribution in [2.75, 3.05) is 11.4 Å². The summed E-state index contributed by atoms with van der Waals surface area (Å²) in [5, 5.41) is 5.13. The van der Waals surface area contributed by atoms with E-state index in [0.29, 0.717) is 24.4 Å². The molecular weight excluding hydrogens is 372 g/mol. The molecule has 1 spiro atoms. The number of anilines is 1. The molecule has 27 heavy (non-hydrogen) atoms. The molecule has 8 heteroatoms. The van der Waals surface area contributed by atoms with E-state index in [9.17, 15) is 18.4 Å². The number of hydrogen-bond donors (Lipinski definition) is 1. The van der Waals surface area contributed by atoms with Gasteiger partial charge < -0.3 is 10.2 Å². The Balaban J connectivity index is 1.49. The van der Waals surface area contributed by atoms with Gasteiger partial charge in [-0.3, -0.25) is 9.59 Å². The predicted octanol–water partition coefficient (Wildman–Crippen LogP) is 3.52. The normalized spacial score (nSPS) is 25.2. The molecule has 1 aliphatic heterocycles. The Bertz CT molecular complexity index is 854. The third kappa shape index (κ3) is 3.45. The average molecular weight is 391 g/mol. The number of halogens is 2. The highest BCUT2D eigenvalue weighted by Gasteiger charge is 2.49. The van der Waals surface area contributed by atoms with E-state index >= 15 is 0 Å². The van der Waals surface area contributed by atoms with Crippen molar-refractivity contribution in [2.24, 2.45) is 5.41 Å². The second-order valence-corrected chi connectivity index (χ2v) is 8.11. The van der Waals surface area contributed by atoms with E-state index in [1.807, 2.05) is 0 Å². The van der Waals surface area contributed by atoms with E-state index in [4.69, 9.17) is 0 Å². The van der Waals surface area contributed by atoms with Crippen LogP contribution in [-0.4, -0.2) is 29.4 Å². The first-order valence-corrected chi connectivity index (χ1v) is 9.83. The molecule has 4 rings (SSSR count). The summed E-state index contributed by atoms with van der Waals surface area (Å²) in [5.74, 6) is -1.73. The number of carbonyl (C=O) groups is 2. The second kappa shape index (κ2) is 6.99. The van der Waals surface area contributed by atoms with E-state index in [1.165, 1.54) is 28.4 Å². The summed E-state index contributed by atoms with van der Waals surface area (Å²) in [6.45, 7) is 0.425. The largest absolute Gasteiger partial charge is 0.347 e. The maximum absolute atomic E-state index is 13.6. The number of aromatic nitrogens is 1. The SMILES string of the molecule is O=C(N[C@H]1CCC[C@]2(CCN(c3cc(F)cc(F)c3)C2=O)C1)c1nccs1. The number of thiazole rings is 1. The molecule has 2 aliphatic rings. The highest BCUT2D eigenvalue weighted by atomic mass is 32.1. The van der Waals surface area contributed by atoms with Crippen LogP contribution in [0.15, 0.2) is 29.8 Å². The minimum Gasteiger partial charge on any atom is -0.347 e. The fourth-order valence-corrected chi connectivity index (χ4v) is 4.79. The fourth-order valence-electron chi connectivity index (χ4n) is 4.25. The number of nitrogens with one attached hydrogen (secondary N) is 1. The van der Waals surface area contributed by atoms with Crippen molar-refractivity contribution in [3.05, 3.63) is 46.4 Å². The minimum absolute atomic E-state index is 0.108. The zero-order valence-electron chi connectivity index (χ0n) is 14.6. The van der Waals surface area contributed by atoms with Crippen molar-refractivity contribution in [1.29, 1.82) is 0 Å². The Morgan fingerprint density at radius 2 is 2.04 bits per heavy atom. The Morgan fingerprint density at radius 1 is 1.26 bits per heavy atom. The van der Waals surface area contributed by atoms with E-state index in [1.54, 1.807) is 11.6 Å². The second-order valence-electron chi connectivity index (χ2n) is 7.22. The summed E-state index contributed by atoms with van der Waals surface area (Å²) in [5.41, 5.74) is -0.328. The van der Waals surface area contributed by atoms with Crippen molar-refractivity contribution in [1.82, 2.24) is 10.3 Å². The first kappa shape index (κ1) is 18.0. The van der Waals surface area contributed by atoms with Gasteiger partial charge in [-0.15, -0.1) is 11.3 Å². The van der Waals surface area contributed by atoms with E-state index in [0.717, 1.165) is 25.3 Å². The molecule has 0 radical (unpaired) electrons. The van der Waals surface area contributed by atoms with Gasteiger partial charge in [0.25, 0.3) is 5.91 Å². The van der Waals surface area contributed by atoms with Crippen LogP contribution in [-0.2, 0) is 4.79 Å². The maximum atomic E-state index is 13.6. The number of rotatable bonds is 3. The van der Waals surface area contributed by atoms with Gasteiger partial charge in [0.2, 0.25) is 5.91 Å². The molecule has 2 aromatic rings. The standard InChI is InChI=1S/C19H19F2N3O2S/c20-12-8-13(21)10-15(9-12)24-6-4-19(18(24)26)3-1-2-14(11-19)23-16(25)17-22-5-7-27-17/h5,7-10,14H,1-4,6,11H2,(H,23,25)/t14-,19-/m0/s1. The van der Waals surface area contributed by atoms with Crippen molar-refractivity contribution < 1.29 is 18.4 Å². The topological polar surface area (TPSA) is 62.3 Å².